The van der Waals surface area contributed by atoms with E-state index in [1.165, 1.54) is 46.9 Å². The zero-order valence-electron chi connectivity index (χ0n) is 20.8. The molecule has 0 saturated carbocycles. The van der Waals surface area contributed by atoms with Crippen LogP contribution in [0.1, 0.15) is 29.1 Å². The first-order valence-corrected chi connectivity index (χ1v) is 13.5. The van der Waals surface area contributed by atoms with Gasteiger partial charge in [0.05, 0.1) is 17.2 Å². The number of aromatic nitrogens is 5. The minimum Gasteiger partial charge on any atom is -0.382 e. The number of benzene rings is 2. The maximum absolute atomic E-state index is 14.9. The molecule has 5 aromatic rings. The van der Waals surface area contributed by atoms with Gasteiger partial charge >= 0.3 is 12.1 Å². The van der Waals surface area contributed by atoms with E-state index in [0.717, 1.165) is 6.07 Å². The summed E-state index contributed by atoms with van der Waals surface area (Å²) in [6.45, 7) is 1.44. The molecule has 3 heterocycles. The van der Waals surface area contributed by atoms with Gasteiger partial charge in [-0.15, -0.1) is 22.7 Å². The van der Waals surface area contributed by atoms with Crippen LogP contribution < -0.4 is 0 Å². The molecule has 0 aliphatic rings. The molecule has 0 aliphatic heterocycles. The van der Waals surface area contributed by atoms with Crippen molar-refractivity contribution in [3.05, 3.63) is 93.8 Å². The van der Waals surface area contributed by atoms with E-state index in [2.05, 4.69) is 20.1 Å². The second kappa shape index (κ2) is 10.6. The van der Waals surface area contributed by atoms with Crippen LogP contribution in [0.5, 0.6) is 0 Å². The zero-order valence-corrected chi connectivity index (χ0v) is 22.4. The van der Waals surface area contributed by atoms with Gasteiger partial charge in [-0.2, -0.15) is 27.1 Å². The first-order valence-electron chi connectivity index (χ1n) is 11.8. The van der Waals surface area contributed by atoms with Crippen LogP contribution in [0.4, 0.5) is 30.7 Å². The lowest BCUT2D eigenvalue weighted by Gasteiger charge is -2.33. The third kappa shape index (κ3) is 5.48. The average Bonchev–Trinajstić information content (AvgIpc) is 3.70. The molecule has 41 heavy (non-hydrogen) atoms. The van der Waals surface area contributed by atoms with E-state index in [1.54, 1.807) is 24.4 Å². The lowest BCUT2D eigenvalue weighted by molar-refractivity contribution is -0.290. The number of aliphatic hydroxyl groups is 1. The molecule has 214 valence electrons. The molecule has 2 atom stereocenters. The fourth-order valence-corrected chi connectivity index (χ4v) is 5.98. The number of hydrogen-bond donors (Lipinski definition) is 1. The first-order chi connectivity index (χ1) is 19.3. The van der Waals surface area contributed by atoms with Crippen molar-refractivity contribution in [2.75, 3.05) is 0 Å². The van der Waals surface area contributed by atoms with Crippen molar-refractivity contribution in [3.63, 3.8) is 0 Å². The van der Waals surface area contributed by atoms with Crippen molar-refractivity contribution in [2.45, 2.75) is 37.1 Å². The van der Waals surface area contributed by atoms with Gasteiger partial charge in [0.1, 0.15) is 40.6 Å². The highest BCUT2D eigenvalue weighted by molar-refractivity contribution is 7.13. The highest BCUT2D eigenvalue weighted by Gasteiger charge is 2.60. The summed E-state index contributed by atoms with van der Waals surface area (Å²) in [5, 5.41) is 18.6. The van der Waals surface area contributed by atoms with Gasteiger partial charge in [0.15, 0.2) is 0 Å². The van der Waals surface area contributed by atoms with Crippen LogP contribution in [-0.2, 0) is 18.1 Å². The Morgan fingerprint density at radius 1 is 0.927 bits per heavy atom. The summed E-state index contributed by atoms with van der Waals surface area (Å²) >= 11 is 1.85. The molecule has 0 aliphatic carbocycles. The van der Waals surface area contributed by atoms with E-state index < -0.39 is 40.9 Å². The van der Waals surface area contributed by atoms with E-state index in [0.29, 0.717) is 44.6 Å². The van der Waals surface area contributed by atoms with Gasteiger partial charge in [-0.3, -0.25) is 0 Å². The summed E-state index contributed by atoms with van der Waals surface area (Å²) in [4.78, 5) is 11.9. The zero-order chi connectivity index (χ0) is 29.6. The molecule has 15 heteroatoms. The van der Waals surface area contributed by atoms with Crippen LogP contribution >= 0.6 is 22.7 Å². The van der Waals surface area contributed by atoms with Crippen molar-refractivity contribution in [1.82, 2.24) is 24.7 Å². The lowest BCUT2D eigenvalue weighted by Crippen LogP contribution is -2.38. The quantitative estimate of drug-likeness (QED) is 0.188. The molecule has 0 saturated heterocycles. The number of rotatable bonds is 8. The molecule has 6 nitrogen and oxygen atoms in total. The summed E-state index contributed by atoms with van der Waals surface area (Å²) in [5.41, 5.74) is -2.01. The Labute approximate surface area is 235 Å². The number of thiazole rings is 2. The summed E-state index contributed by atoms with van der Waals surface area (Å²) in [7, 11) is 0. The molecular weight excluding hydrogens is 595 g/mol. The Balaban J connectivity index is 1.41. The van der Waals surface area contributed by atoms with Crippen molar-refractivity contribution in [1.29, 1.82) is 0 Å². The fraction of sp³-hybridized carbons (Fsp3) is 0.231. The summed E-state index contributed by atoms with van der Waals surface area (Å²) in [6, 6.07) is 9.12. The Morgan fingerprint density at radius 3 is 2.27 bits per heavy atom. The SMILES string of the molecule is C[C@@H](c1nc(-c2ccc(-c3nc(C(F)(F)C(F)(F)F)cs3)cc2)cs1)[C@](O)(Cn1cncn1)c1ccc(F)cc1F. The monoisotopic (exact) mass is 613 g/mol. The molecule has 0 unspecified atom stereocenters. The van der Waals surface area contributed by atoms with E-state index in [9.17, 15) is 35.8 Å². The van der Waals surface area contributed by atoms with Crippen molar-refractivity contribution in [2.24, 2.45) is 0 Å². The van der Waals surface area contributed by atoms with Crippen molar-refractivity contribution >= 4 is 22.7 Å². The fourth-order valence-electron chi connectivity index (χ4n) is 4.16. The molecule has 0 fully saturated rings. The predicted molar refractivity (Wildman–Crippen MR) is 137 cm³/mol. The minimum absolute atomic E-state index is 0.0115. The highest BCUT2D eigenvalue weighted by atomic mass is 32.1. The van der Waals surface area contributed by atoms with Gasteiger partial charge < -0.3 is 5.11 Å². The maximum atomic E-state index is 14.9. The van der Waals surface area contributed by atoms with Gasteiger partial charge in [0.2, 0.25) is 0 Å². The maximum Gasteiger partial charge on any atom is 0.459 e. The Kier molecular flexibility index (Phi) is 7.46. The van der Waals surface area contributed by atoms with Crippen LogP contribution in [0.3, 0.4) is 0 Å². The normalized spacial score (nSPS) is 14.7. The Morgan fingerprint density at radius 2 is 1.63 bits per heavy atom. The molecule has 0 amide bonds. The van der Waals surface area contributed by atoms with Gasteiger partial charge in [-0.1, -0.05) is 37.3 Å². The summed E-state index contributed by atoms with van der Waals surface area (Å²) in [6.07, 6.45) is -3.15. The summed E-state index contributed by atoms with van der Waals surface area (Å²) in [5.74, 6) is -7.61. The average molecular weight is 614 g/mol. The summed E-state index contributed by atoms with van der Waals surface area (Å²) < 4.78 is 95.1. The van der Waals surface area contributed by atoms with Crippen LogP contribution in [0, 0.1) is 11.6 Å². The smallest absolute Gasteiger partial charge is 0.382 e. The van der Waals surface area contributed by atoms with Gasteiger partial charge in [0, 0.05) is 39.4 Å². The van der Waals surface area contributed by atoms with Crippen LogP contribution in [0.15, 0.2) is 65.9 Å². The van der Waals surface area contributed by atoms with Gasteiger partial charge in [0.25, 0.3) is 0 Å². The molecule has 0 spiro atoms. The van der Waals surface area contributed by atoms with Gasteiger partial charge in [-0.05, 0) is 6.07 Å². The lowest BCUT2D eigenvalue weighted by atomic mass is 9.82. The second-order valence-corrected chi connectivity index (χ2v) is 10.9. The third-order valence-electron chi connectivity index (χ3n) is 6.49. The molecular formula is C26H18F7N5OS2. The van der Waals surface area contributed by atoms with E-state index in [-0.39, 0.29) is 17.1 Å². The largest absolute Gasteiger partial charge is 0.459 e. The van der Waals surface area contributed by atoms with E-state index in [4.69, 9.17) is 0 Å². The molecule has 0 radical (unpaired) electrons. The number of halogens is 7. The number of hydrogen-bond acceptors (Lipinski definition) is 7. The van der Waals surface area contributed by atoms with E-state index in [1.807, 2.05) is 0 Å². The first kappa shape index (κ1) is 28.8. The topological polar surface area (TPSA) is 76.7 Å². The van der Waals surface area contributed by atoms with Gasteiger partial charge in [-0.25, -0.2) is 28.4 Å². The molecule has 1 N–H and O–H groups in total. The highest BCUT2D eigenvalue weighted by Crippen LogP contribution is 2.45. The predicted octanol–water partition coefficient (Wildman–Crippen LogP) is 7.15. The van der Waals surface area contributed by atoms with Crippen LogP contribution in [0.25, 0.3) is 21.8 Å². The van der Waals surface area contributed by atoms with Crippen molar-refractivity contribution in [3.8, 4) is 21.8 Å². The van der Waals surface area contributed by atoms with E-state index >= 15 is 0 Å². The minimum atomic E-state index is -5.76. The molecule has 3 aromatic heterocycles. The number of alkyl halides is 5. The molecule has 2 aromatic carbocycles. The number of nitrogens with zero attached hydrogens (tertiary/aromatic N) is 5. The Hall–Kier alpha value is -3.69. The molecule has 0 bridgehead atoms. The van der Waals surface area contributed by atoms with Crippen molar-refractivity contribution < 1.29 is 35.8 Å². The second-order valence-electron chi connectivity index (χ2n) is 9.12. The van der Waals surface area contributed by atoms with Crippen LogP contribution in [-0.4, -0.2) is 36.0 Å². The van der Waals surface area contributed by atoms with Crippen LogP contribution in [0.2, 0.25) is 0 Å². The Bertz CT molecular complexity index is 1650. The third-order valence-corrected chi connectivity index (χ3v) is 8.40. The molecule has 5 rings (SSSR count). The standard InChI is InChI=1S/C26H18F7N5OS2/c1-14(24(39,11-38-13-34-12-35-38)18-7-6-17(27)8-19(18)28)22-36-20(9-40-22)15-2-4-16(5-3-15)23-37-21(10-41-23)25(29,30)26(31,32)33/h2-10,12-14,39H,11H2,1H3/t14-,24+/m0/s1.